The first-order valence-electron chi connectivity index (χ1n) is 9.24. The highest BCUT2D eigenvalue weighted by Gasteiger charge is 2.62. The van der Waals surface area contributed by atoms with E-state index in [1.807, 2.05) is 26.0 Å². The second-order valence-corrected chi connectivity index (χ2v) is 8.81. The number of benzene rings is 1. The third-order valence-corrected chi connectivity index (χ3v) is 7.68. The Morgan fingerprint density at radius 3 is 2.12 bits per heavy atom. The third kappa shape index (κ3) is 2.53. The molecule has 2 aliphatic carbocycles. The van der Waals surface area contributed by atoms with E-state index in [-0.39, 0.29) is 29.6 Å². The first-order chi connectivity index (χ1) is 12.3. The molecule has 1 aliphatic heterocycles. The molecule has 3 aliphatic rings. The van der Waals surface area contributed by atoms with Crippen LogP contribution < -0.4 is 5.32 Å². The number of fused-ring (bicyclic) bond motifs is 5. The van der Waals surface area contributed by atoms with Crippen LogP contribution in [0.25, 0.3) is 0 Å². The standard InChI is InChI=1S/C20H23BrN2O3/c1-9-6-14(7-10(2)17(9)21)22-18(24)11(3)23-19(25)15-12-4-5-13(8-12)16(15)20(23)26/h6-7,11-13,15-16H,4-5,8H2,1-3H3,(H,22,24). The minimum atomic E-state index is -0.788. The quantitative estimate of drug-likeness (QED) is 0.764. The van der Waals surface area contributed by atoms with Gasteiger partial charge in [0, 0.05) is 10.2 Å². The molecule has 0 radical (unpaired) electrons. The summed E-state index contributed by atoms with van der Waals surface area (Å²) in [7, 11) is 0. The highest BCUT2D eigenvalue weighted by molar-refractivity contribution is 9.10. The van der Waals surface area contributed by atoms with Crippen molar-refractivity contribution in [2.45, 2.75) is 46.1 Å². The van der Waals surface area contributed by atoms with Gasteiger partial charge in [0.2, 0.25) is 17.7 Å². The second-order valence-electron chi connectivity index (χ2n) is 8.02. The largest absolute Gasteiger partial charge is 0.324 e. The van der Waals surface area contributed by atoms with Gasteiger partial charge >= 0.3 is 0 Å². The Bertz CT molecular complexity index is 770. The number of anilines is 1. The van der Waals surface area contributed by atoms with Gasteiger partial charge in [0.05, 0.1) is 11.8 Å². The van der Waals surface area contributed by atoms with Crippen LogP contribution in [0.5, 0.6) is 0 Å². The number of aryl methyl sites for hydroxylation is 2. The lowest BCUT2D eigenvalue weighted by Crippen LogP contribution is -2.46. The van der Waals surface area contributed by atoms with E-state index in [1.165, 1.54) is 4.90 Å². The van der Waals surface area contributed by atoms with E-state index in [0.29, 0.717) is 17.5 Å². The zero-order chi connectivity index (χ0) is 18.7. The molecule has 0 aromatic heterocycles. The summed E-state index contributed by atoms with van der Waals surface area (Å²) in [5.74, 6) is -0.310. The summed E-state index contributed by atoms with van der Waals surface area (Å²) in [6, 6.07) is 2.97. The lowest BCUT2D eigenvalue weighted by molar-refractivity contribution is -0.146. The number of likely N-dealkylation sites (tertiary alicyclic amines) is 1. The Kier molecular flexibility index (Phi) is 4.21. The van der Waals surface area contributed by atoms with Gasteiger partial charge in [0.15, 0.2) is 0 Å². The van der Waals surface area contributed by atoms with Gasteiger partial charge in [-0.25, -0.2) is 0 Å². The summed E-state index contributed by atoms with van der Waals surface area (Å²) in [4.78, 5) is 39.7. The van der Waals surface area contributed by atoms with Crippen molar-refractivity contribution in [2.75, 3.05) is 5.32 Å². The molecule has 1 heterocycles. The molecule has 5 unspecified atom stereocenters. The number of nitrogens with one attached hydrogen (secondary N) is 1. The summed E-state index contributed by atoms with van der Waals surface area (Å²) >= 11 is 3.51. The SMILES string of the molecule is Cc1cc(NC(=O)C(C)N2C(=O)C3C4CCC(C4)C3C2=O)cc(C)c1Br. The van der Waals surface area contributed by atoms with Crippen molar-refractivity contribution in [1.29, 1.82) is 0 Å². The zero-order valence-corrected chi connectivity index (χ0v) is 16.8. The summed E-state index contributed by atoms with van der Waals surface area (Å²) < 4.78 is 1.01. The predicted molar refractivity (Wildman–Crippen MR) is 101 cm³/mol. The molecular weight excluding hydrogens is 396 g/mol. The summed E-state index contributed by atoms with van der Waals surface area (Å²) in [5.41, 5.74) is 2.72. The Hall–Kier alpha value is -1.69. The summed E-state index contributed by atoms with van der Waals surface area (Å²) in [6.45, 7) is 5.56. The van der Waals surface area contributed by atoms with Gasteiger partial charge in [-0.15, -0.1) is 0 Å². The fourth-order valence-corrected chi connectivity index (χ4v) is 5.42. The Morgan fingerprint density at radius 1 is 1.12 bits per heavy atom. The van der Waals surface area contributed by atoms with Crippen molar-refractivity contribution in [2.24, 2.45) is 23.7 Å². The van der Waals surface area contributed by atoms with E-state index in [2.05, 4.69) is 21.2 Å². The van der Waals surface area contributed by atoms with Crippen molar-refractivity contribution in [1.82, 2.24) is 4.90 Å². The normalized spacial score (nSPS) is 30.7. The molecule has 1 aromatic carbocycles. The monoisotopic (exact) mass is 418 g/mol. The van der Waals surface area contributed by atoms with Gasteiger partial charge < -0.3 is 5.32 Å². The van der Waals surface area contributed by atoms with Crippen molar-refractivity contribution >= 4 is 39.3 Å². The zero-order valence-electron chi connectivity index (χ0n) is 15.2. The molecule has 3 amide bonds. The Morgan fingerprint density at radius 2 is 1.62 bits per heavy atom. The van der Waals surface area contributed by atoms with Crippen LogP contribution in [-0.4, -0.2) is 28.7 Å². The first kappa shape index (κ1) is 17.7. The van der Waals surface area contributed by atoms with E-state index in [9.17, 15) is 14.4 Å². The van der Waals surface area contributed by atoms with Crippen LogP contribution in [0.2, 0.25) is 0 Å². The number of amides is 3. The van der Waals surface area contributed by atoms with Crippen LogP contribution in [0.1, 0.15) is 37.3 Å². The number of halogens is 1. The number of carbonyl (C=O) groups excluding carboxylic acids is 3. The molecule has 4 rings (SSSR count). The van der Waals surface area contributed by atoms with E-state index >= 15 is 0 Å². The van der Waals surface area contributed by atoms with Crippen LogP contribution in [-0.2, 0) is 14.4 Å². The van der Waals surface area contributed by atoms with Gasteiger partial charge in [-0.3, -0.25) is 19.3 Å². The highest BCUT2D eigenvalue weighted by atomic mass is 79.9. The van der Waals surface area contributed by atoms with Crippen LogP contribution in [0.4, 0.5) is 5.69 Å². The summed E-state index contributed by atoms with van der Waals surface area (Å²) in [5, 5.41) is 2.87. The fraction of sp³-hybridized carbons (Fsp3) is 0.550. The molecule has 2 saturated carbocycles. The van der Waals surface area contributed by atoms with Crippen LogP contribution in [0.3, 0.4) is 0 Å². The number of carbonyl (C=O) groups is 3. The minimum Gasteiger partial charge on any atom is -0.324 e. The lowest BCUT2D eigenvalue weighted by atomic mass is 9.81. The first-order valence-corrected chi connectivity index (χ1v) is 10.0. The molecule has 0 spiro atoms. The molecule has 5 atom stereocenters. The third-order valence-electron chi connectivity index (χ3n) is 6.43. The van der Waals surface area contributed by atoms with Gasteiger partial charge in [-0.05, 0) is 75.1 Å². The van der Waals surface area contributed by atoms with Gasteiger partial charge in [-0.2, -0.15) is 0 Å². The van der Waals surface area contributed by atoms with Crippen LogP contribution in [0.15, 0.2) is 16.6 Å². The Balaban J connectivity index is 1.52. The number of imide groups is 1. The van der Waals surface area contributed by atoms with Crippen LogP contribution >= 0.6 is 15.9 Å². The molecule has 138 valence electrons. The smallest absolute Gasteiger partial charge is 0.247 e. The predicted octanol–water partition coefficient (Wildman–Crippen LogP) is 3.42. The van der Waals surface area contributed by atoms with Crippen molar-refractivity contribution < 1.29 is 14.4 Å². The number of hydrogen-bond donors (Lipinski definition) is 1. The van der Waals surface area contributed by atoms with E-state index < -0.39 is 6.04 Å². The maximum Gasteiger partial charge on any atom is 0.247 e. The average Bonchev–Trinajstić information content (AvgIpc) is 3.26. The van der Waals surface area contributed by atoms with Gasteiger partial charge in [0.1, 0.15) is 6.04 Å². The van der Waals surface area contributed by atoms with Crippen molar-refractivity contribution in [3.8, 4) is 0 Å². The van der Waals surface area contributed by atoms with E-state index in [1.54, 1.807) is 6.92 Å². The van der Waals surface area contributed by atoms with Crippen LogP contribution in [0, 0.1) is 37.5 Å². The van der Waals surface area contributed by atoms with Crippen molar-refractivity contribution in [3.63, 3.8) is 0 Å². The fourth-order valence-electron chi connectivity index (χ4n) is 5.20. The molecular formula is C20H23BrN2O3. The topological polar surface area (TPSA) is 66.5 Å². The molecule has 1 N–H and O–H groups in total. The maximum atomic E-state index is 12.9. The highest BCUT2D eigenvalue weighted by Crippen LogP contribution is 2.56. The number of hydrogen-bond acceptors (Lipinski definition) is 3. The summed E-state index contributed by atoms with van der Waals surface area (Å²) in [6.07, 6.45) is 3.08. The molecule has 1 aromatic rings. The number of nitrogens with zero attached hydrogens (tertiary/aromatic N) is 1. The molecule has 1 saturated heterocycles. The van der Waals surface area contributed by atoms with Gasteiger partial charge in [0.25, 0.3) is 0 Å². The van der Waals surface area contributed by atoms with Crippen molar-refractivity contribution in [3.05, 3.63) is 27.7 Å². The Labute approximate surface area is 161 Å². The molecule has 2 bridgehead atoms. The molecule has 3 fully saturated rings. The van der Waals surface area contributed by atoms with Gasteiger partial charge in [-0.1, -0.05) is 15.9 Å². The van der Waals surface area contributed by atoms with E-state index in [4.69, 9.17) is 0 Å². The molecule has 5 nitrogen and oxygen atoms in total. The maximum absolute atomic E-state index is 12.9. The lowest BCUT2D eigenvalue weighted by Gasteiger charge is -2.24. The molecule has 6 heteroatoms. The number of rotatable bonds is 3. The average molecular weight is 419 g/mol. The molecule has 26 heavy (non-hydrogen) atoms. The van der Waals surface area contributed by atoms with E-state index in [0.717, 1.165) is 34.9 Å². The minimum absolute atomic E-state index is 0.141. The second kappa shape index (κ2) is 6.19.